The zero-order valence-corrected chi connectivity index (χ0v) is 14.5. The molecule has 0 aliphatic carbocycles. The smallest absolute Gasteiger partial charge is 0.257 e. The predicted molar refractivity (Wildman–Crippen MR) is 95.9 cm³/mol. The molecule has 24 heavy (non-hydrogen) atoms. The third-order valence-electron chi connectivity index (χ3n) is 5.24. The molecule has 0 bridgehead atoms. The van der Waals surface area contributed by atoms with Gasteiger partial charge in [0, 0.05) is 19.3 Å². The minimum Gasteiger partial charge on any atom is -0.338 e. The molecule has 1 spiro atoms. The fourth-order valence-corrected chi connectivity index (χ4v) is 3.81. The summed E-state index contributed by atoms with van der Waals surface area (Å²) in [7, 11) is 0. The van der Waals surface area contributed by atoms with Crippen molar-refractivity contribution < 1.29 is 4.79 Å². The molecule has 0 radical (unpaired) electrons. The Morgan fingerprint density at radius 3 is 2.62 bits per heavy atom. The zero-order chi connectivity index (χ0) is 15.7. The lowest BCUT2D eigenvalue weighted by Gasteiger charge is -2.33. The molecule has 4 rings (SSSR count). The minimum atomic E-state index is 0. The van der Waals surface area contributed by atoms with Gasteiger partial charge in [-0.05, 0) is 49.9 Å². The van der Waals surface area contributed by atoms with E-state index in [2.05, 4.69) is 10.4 Å². The number of carbonyl (C=O) groups excluding carboxylic acids is 1. The Bertz CT molecular complexity index is 694. The fourth-order valence-electron chi connectivity index (χ4n) is 3.81. The Balaban J connectivity index is 0.00000169. The van der Waals surface area contributed by atoms with Crippen LogP contribution in [0.1, 0.15) is 29.6 Å². The van der Waals surface area contributed by atoms with Gasteiger partial charge in [-0.2, -0.15) is 5.10 Å². The molecule has 1 aromatic carbocycles. The van der Waals surface area contributed by atoms with Crippen LogP contribution in [0, 0.1) is 5.41 Å². The zero-order valence-electron chi connectivity index (χ0n) is 13.6. The highest BCUT2D eigenvalue weighted by atomic mass is 35.5. The van der Waals surface area contributed by atoms with E-state index in [4.69, 9.17) is 0 Å². The molecule has 0 atom stereocenters. The molecule has 2 saturated heterocycles. The molecule has 6 heteroatoms. The maximum Gasteiger partial charge on any atom is 0.257 e. The van der Waals surface area contributed by atoms with E-state index >= 15 is 0 Å². The van der Waals surface area contributed by atoms with Gasteiger partial charge in [-0.15, -0.1) is 12.4 Å². The van der Waals surface area contributed by atoms with Crippen LogP contribution in [-0.2, 0) is 0 Å². The van der Waals surface area contributed by atoms with Crippen molar-refractivity contribution in [2.24, 2.45) is 5.41 Å². The molecule has 0 unspecified atom stereocenters. The van der Waals surface area contributed by atoms with Crippen LogP contribution in [-0.4, -0.2) is 46.8 Å². The first-order chi connectivity index (χ1) is 11.3. The van der Waals surface area contributed by atoms with Gasteiger partial charge in [-0.3, -0.25) is 4.79 Å². The summed E-state index contributed by atoms with van der Waals surface area (Å²) in [4.78, 5) is 14.8. The van der Waals surface area contributed by atoms with Gasteiger partial charge in [-0.1, -0.05) is 18.2 Å². The number of piperidine rings is 1. The monoisotopic (exact) mass is 346 g/mol. The Morgan fingerprint density at radius 2 is 1.88 bits per heavy atom. The van der Waals surface area contributed by atoms with E-state index in [0.717, 1.165) is 38.3 Å². The highest BCUT2D eigenvalue weighted by Gasteiger charge is 2.40. The summed E-state index contributed by atoms with van der Waals surface area (Å²) in [5.74, 6) is 0.114. The molecule has 2 aliphatic heterocycles. The number of hydrogen-bond acceptors (Lipinski definition) is 3. The summed E-state index contributed by atoms with van der Waals surface area (Å²) < 4.78 is 1.77. The van der Waals surface area contributed by atoms with Crippen LogP contribution in [0.5, 0.6) is 0 Å². The van der Waals surface area contributed by atoms with Crippen LogP contribution in [0.15, 0.2) is 42.7 Å². The largest absolute Gasteiger partial charge is 0.338 e. The lowest BCUT2D eigenvalue weighted by atomic mass is 9.78. The van der Waals surface area contributed by atoms with Gasteiger partial charge in [-0.25, -0.2) is 4.68 Å². The number of likely N-dealkylation sites (tertiary alicyclic amines) is 1. The Labute approximate surface area is 148 Å². The number of para-hydroxylation sites is 1. The van der Waals surface area contributed by atoms with Gasteiger partial charge in [0.05, 0.1) is 17.4 Å². The molecular weight excluding hydrogens is 324 g/mol. The number of nitrogens with zero attached hydrogens (tertiary/aromatic N) is 3. The van der Waals surface area contributed by atoms with E-state index in [1.807, 2.05) is 41.4 Å². The van der Waals surface area contributed by atoms with E-state index in [1.54, 1.807) is 10.9 Å². The third-order valence-corrected chi connectivity index (χ3v) is 5.24. The lowest BCUT2D eigenvalue weighted by Crippen LogP contribution is -2.39. The molecule has 1 N–H and O–H groups in total. The molecule has 1 aromatic heterocycles. The summed E-state index contributed by atoms with van der Waals surface area (Å²) in [6.07, 6.45) is 7.02. The van der Waals surface area contributed by atoms with Crippen LogP contribution < -0.4 is 5.32 Å². The third kappa shape index (κ3) is 3.19. The first-order valence-corrected chi connectivity index (χ1v) is 8.36. The summed E-state index contributed by atoms with van der Waals surface area (Å²) >= 11 is 0. The molecule has 2 fully saturated rings. The number of carbonyl (C=O) groups is 1. The molecule has 2 aromatic rings. The second kappa shape index (κ2) is 6.95. The normalized spacial score (nSPS) is 19.2. The average molecular weight is 347 g/mol. The van der Waals surface area contributed by atoms with Gasteiger partial charge in [0.2, 0.25) is 0 Å². The second-order valence-electron chi connectivity index (χ2n) is 6.74. The molecule has 5 nitrogen and oxygen atoms in total. The predicted octanol–water partition coefficient (Wildman–Crippen LogP) is 2.51. The fraction of sp³-hybridized carbons (Fsp3) is 0.444. The molecule has 2 aliphatic rings. The van der Waals surface area contributed by atoms with Crippen molar-refractivity contribution in [1.29, 1.82) is 0 Å². The Hall–Kier alpha value is -1.85. The number of halogens is 1. The van der Waals surface area contributed by atoms with Gasteiger partial charge in [0.15, 0.2) is 0 Å². The summed E-state index contributed by atoms with van der Waals surface area (Å²) in [5, 5.41) is 7.76. The lowest BCUT2D eigenvalue weighted by molar-refractivity contribution is 0.0762. The second-order valence-corrected chi connectivity index (χ2v) is 6.74. The van der Waals surface area contributed by atoms with Crippen molar-refractivity contribution in [3.05, 3.63) is 48.3 Å². The number of aromatic nitrogens is 2. The van der Waals surface area contributed by atoms with Crippen LogP contribution >= 0.6 is 12.4 Å². The maximum absolute atomic E-state index is 12.8. The molecule has 0 saturated carbocycles. The molecule has 1 amide bonds. The summed E-state index contributed by atoms with van der Waals surface area (Å²) in [5.41, 5.74) is 2.00. The van der Waals surface area contributed by atoms with Crippen molar-refractivity contribution in [2.45, 2.75) is 19.3 Å². The van der Waals surface area contributed by atoms with E-state index in [1.165, 1.54) is 12.8 Å². The number of nitrogens with one attached hydrogen (secondary N) is 1. The molecular formula is C18H23ClN4O. The number of amides is 1. The van der Waals surface area contributed by atoms with E-state index < -0.39 is 0 Å². The highest BCUT2D eigenvalue weighted by Crippen LogP contribution is 2.38. The summed E-state index contributed by atoms with van der Waals surface area (Å²) in [6, 6.07) is 9.89. The first kappa shape index (κ1) is 17.0. The summed E-state index contributed by atoms with van der Waals surface area (Å²) in [6.45, 7) is 3.92. The van der Waals surface area contributed by atoms with Crippen molar-refractivity contribution in [3.8, 4) is 5.69 Å². The highest BCUT2D eigenvalue weighted by molar-refractivity contribution is 5.94. The van der Waals surface area contributed by atoms with E-state index in [0.29, 0.717) is 11.0 Å². The number of hydrogen-bond donors (Lipinski definition) is 1. The van der Waals surface area contributed by atoms with Crippen LogP contribution in [0.2, 0.25) is 0 Å². The van der Waals surface area contributed by atoms with Gasteiger partial charge >= 0.3 is 0 Å². The average Bonchev–Trinajstić information content (AvgIpc) is 3.24. The number of benzene rings is 1. The quantitative estimate of drug-likeness (QED) is 0.909. The minimum absolute atomic E-state index is 0. The first-order valence-electron chi connectivity index (χ1n) is 8.36. The topological polar surface area (TPSA) is 50.2 Å². The molecule has 3 heterocycles. The Kier molecular flexibility index (Phi) is 4.92. The van der Waals surface area contributed by atoms with Crippen LogP contribution in [0.25, 0.3) is 5.69 Å². The van der Waals surface area contributed by atoms with Gasteiger partial charge < -0.3 is 10.2 Å². The van der Waals surface area contributed by atoms with Crippen LogP contribution in [0.4, 0.5) is 0 Å². The van der Waals surface area contributed by atoms with E-state index in [-0.39, 0.29) is 18.3 Å². The van der Waals surface area contributed by atoms with Crippen molar-refractivity contribution in [2.75, 3.05) is 26.2 Å². The standard InChI is InChI=1S/C18H22N4O.ClH/c23-17(21-11-8-18(14-21)6-9-19-10-7-18)15-12-20-22(13-15)16-4-2-1-3-5-16;/h1-5,12-13,19H,6-11,14H2;1H. The van der Waals surface area contributed by atoms with E-state index in [9.17, 15) is 4.79 Å². The van der Waals surface area contributed by atoms with Crippen molar-refractivity contribution >= 4 is 18.3 Å². The van der Waals surface area contributed by atoms with Crippen molar-refractivity contribution in [3.63, 3.8) is 0 Å². The molecule has 128 valence electrons. The van der Waals surface area contributed by atoms with Crippen LogP contribution in [0.3, 0.4) is 0 Å². The van der Waals surface area contributed by atoms with Gasteiger partial charge in [0.1, 0.15) is 0 Å². The Morgan fingerprint density at radius 1 is 1.12 bits per heavy atom. The SMILES string of the molecule is Cl.O=C(c1cnn(-c2ccccc2)c1)N1CCC2(CCNCC2)C1. The maximum atomic E-state index is 12.8. The number of rotatable bonds is 2. The van der Waals surface area contributed by atoms with Gasteiger partial charge in [0.25, 0.3) is 5.91 Å². The van der Waals surface area contributed by atoms with Crippen molar-refractivity contribution in [1.82, 2.24) is 20.0 Å².